The number of carboxylic acid groups (broad SMARTS) is 1. The molecule has 5 nitrogen and oxygen atoms in total. The number of hydrogen-bond donors (Lipinski definition) is 1. The topological polar surface area (TPSA) is 83.2 Å². The number of rotatable bonds is 4. The first kappa shape index (κ1) is 13.8. The van der Waals surface area contributed by atoms with E-state index in [1.165, 1.54) is 12.1 Å². The summed E-state index contributed by atoms with van der Waals surface area (Å²) in [7, 11) is 0. The van der Waals surface area contributed by atoms with Crippen molar-refractivity contribution >= 4 is 17.6 Å². The van der Waals surface area contributed by atoms with Crippen LogP contribution in [0.4, 0.5) is 0 Å². The lowest BCUT2D eigenvalue weighted by molar-refractivity contribution is 0.0690. The Kier molecular flexibility index (Phi) is 4.18. The molecular weight excluding hydrogens is 280 g/mol. The van der Waals surface area contributed by atoms with Gasteiger partial charge in [-0.1, -0.05) is 17.7 Å². The fourth-order valence-corrected chi connectivity index (χ4v) is 1.70. The Morgan fingerprint density at radius 3 is 2.90 bits per heavy atom. The minimum atomic E-state index is -1.10. The van der Waals surface area contributed by atoms with Crippen molar-refractivity contribution < 1.29 is 14.6 Å². The molecule has 0 atom stereocenters. The van der Waals surface area contributed by atoms with Crippen molar-refractivity contribution in [1.29, 1.82) is 5.26 Å². The van der Waals surface area contributed by atoms with E-state index in [1.807, 2.05) is 6.07 Å². The molecular formula is C14H9ClN2O3. The molecule has 0 radical (unpaired) electrons. The number of hydrogen-bond acceptors (Lipinski definition) is 4. The van der Waals surface area contributed by atoms with Crippen molar-refractivity contribution in [2.75, 3.05) is 0 Å². The Labute approximate surface area is 120 Å². The highest BCUT2D eigenvalue weighted by molar-refractivity contribution is 6.30. The number of carbonyl (C=O) groups is 1. The van der Waals surface area contributed by atoms with Gasteiger partial charge in [-0.3, -0.25) is 0 Å². The zero-order chi connectivity index (χ0) is 14.5. The molecule has 0 aliphatic carbocycles. The van der Waals surface area contributed by atoms with E-state index in [0.29, 0.717) is 22.0 Å². The van der Waals surface area contributed by atoms with Crippen LogP contribution in [0.5, 0.6) is 5.75 Å². The summed E-state index contributed by atoms with van der Waals surface area (Å²) in [5.74, 6) is -0.769. The lowest BCUT2D eigenvalue weighted by Gasteiger charge is -2.08. The molecule has 2 rings (SSSR count). The van der Waals surface area contributed by atoms with Crippen molar-refractivity contribution in [3.8, 4) is 11.8 Å². The maximum absolute atomic E-state index is 10.8. The smallest absolute Gasteiger partial charge is 0.354 e. The van der Waals surface area contributed by atoms with Crippen LogP contribution >= 0.6 is 11.6 Å². The van der Waals surface area contributed by atoms with Crippen LogP contribution in [-0.4, -0.2) is 16.1 Å². The molecule has 0 aliphatic heterocycles. The number of carboxylic acids is 1. The van der Waals surface area contributed by atoms with Gasteiger partial charge in [0.1, 0.15) is 24.1 Å². The third kappa shape index (κ3) is 3.25. The van der Waals surface area contributed by atoms with Gasteiger partial charge in [-0.15, -0.1) is 0 Å². The van der Waals surface area contributed by atoms with Crippen molar-refractivity contribution in [3.63, 3.8) is 0 Å². The molecule has 100 valence electrons. The van der Waals surface area contributed by atoms with E-state index in [9.17, 15) is 4.79 Å². The van der Waals surface area contributed by atoms with Crippen molar-refractivity contribution in [1.82, 2.24) is 4.98 Å². The first-order valence-electron chi connectivity index (χ1n) is 5.62. The summed E-state index contributed by atoms with van der Waals surface area (Å²) < 4.78 is 5.47. The van der Waals surface area contributed by atoms with E-state index in [-0.39, 0.29) is 12.3 Å². The molecule has 0 saturated heterocycles. The van der Waals surface area contributed by atoms with Crippen LogP contribution in [0.3, 0.4) is 0 Å². The molecule has 0 bridgehead atoms. The van der Waals surface area contributed by atoms with E-state index in [2.05, 4.69) is 4.98 Å². The Bertz CT molecular complexity index is 695. The van der Waals surface area contributed by atoms with Crippen LogP contribution in [0.25, 0.3) is 0 Å². The number of pyridine rings is 1. The second-order valence-electron chi connectivity index (χ2n) is 3.86. The standard InChI is InChI=1S/C14H9ClN2O3/c15-10-5-4-9(7-16)13(6-10)20-8-11-2-1-3-12(17-11)14(18)19/h1-6H,8H2,(H,18,19). The quantitative estimate of drug-likeness (QED) is 0.935. The molecule has 20 heavy (non-hydrogen) atoms. The monoisotopic (exact) mass is 288 g/mol. The summed E-state index contributed by atoms with van der Waals surface area (Å²) in [4.78, 5) is 14.7. The lowest BCUT2D eigenvalue weighted by atomic mass is 10.2. The number of benzene rings is 1. The number of nitrogens with zero attached hydrogens (tertiary/aromatic N) is 2. The van der Waals surface area contributed by atoms with Gasteiger partial charge in [-0.2, -0.15) is 5.26 Å². The minimum absolute atomic E-state index is 0.0517. The molecule has 1 aromatic carbocycles. The number of aromatic nitrogens is 1. The summed E-state index contributed by atoms with van der Waals surface area (Å²) in [6.07, 6.45) is 0. The van der Waals surface area contributed by atoms with E-state index >= 15 is 0 Å². The van der Waals surface area contributed by atoms with Crippen LogP contribution < -0.4 is 4.74 Å². The number of nitriles is 1. The molecule has 6 heteroatoms. The lowest BCUT2D eigenvalue weighted by Crippen LogP contribution is -2.05. The summed E-state index contributed by atoms with van der Waals surface area (Å²) >= 11 is 5.84. The van der Waals surface area contributed by atoms with Crippen LogP contribution in [0, 0.1) is 11.3 Å². The number of aromatic carboxylic acids is 1. The largest absolute Gasteiger partial charge is 0.486 e. The van der Waals surface area contributed by atoms with Crippen molar-refractivity contribution in [2.24, 2.45) is 0 Å². The Balaban J connectivity index is 2.17. The highest BCUT2D eigenvalue weighted by Gasteiger charge is 2.08. The highest BCUT2D eigenvalue weighted by Crippen LogP contribution is 2.23. The van der Waals surface area contributed by atoms with Gasteiger partial charge >= 0.3 is 5.97 Å². The number of ether oxygens (including phenoxy) is 1. The average molecular weight is 289 g/mol. The first-order valence-corrected chi connectivity index (χ1v) is 5.99. The van der Waals surface area contributed by atoms with Gasteiger partial charge in [0.15, 0.2) is 0 Å². The molecule has 0 fully saturated rings. The third-order valence-electron chi connectivity index (χ3n) is 2.47. The van der Waals surface area contributed by atoms with Crippen LogP contribution in [0.2, 0.25) is 5.02 Å². The molecule has 0 saturated carbocycles. The average Bonchev–Trinajstić information content (AvgIpc) is 2.45. The van der Waals surface area contributed by atoms with E-state index in [4.69, 9.17) is 26.7 Å². The second kappa shape index (κ2) is 6.04. The minimum Gasteiger partial charge on any atom is -0.486 e. The summed E-state index contributed by atoms with van der Waals surface area (Å²) in [5.41, 5.74) is 0.746. The van der Waals surface area contributed by atoms with Crippen molar-refractivity contribution in [2.45, 2.75) is 6.61 Å². The molecule has 0 spiro atoms. The van der Waals surface area contributed by atoms with Gasteiger partial charge in [0.05, 0.1) is 11.3 Å². The predicted molar refractivity (Wildman–Crippen MR) is 71.7 cm³/mol. The molecule has 1 heterocycles. The molecule has 0 aliphatic rings. The van der Waals surface area contributed by atoms with Gasteiger partial charge in [0, 0.05) is 11.1 Å². The fourth-order valence-electron chi connectivity index (χ4n) is 1.54. The van der Waals surface area contributed by atoms with E-state index < -0.39 is 5.97 Å². The molecule has 0 amide bonds. The molecule has 0 unspecified atom stereocenters. The summed E-state index contributed by atoms with van der Waals surface area (Å²) in [5, 5.41) is 18.3. The van der Waals surface area contributed by atoms with Gasteiger partial charge in [0.25, 0.3) is 0 Å². The normalized spacial score (nSPS) is 9.80. The highest BCUT2D eigenvalue weighted by atomic mass is 35.5. The maximum atomic E-state index is 10.8. The van der Waals surface area contributed by atoms with Gasteiger partial charge < -0.3 is 9.84 Å². The summed E-state index contributed by atoms with van der Waals surface area (Å²) in [6, 6.07) is 11.3. The molecule has 1 N–H and O–H groups in total. The Morgan fingerprint density at radius 1 is 1.40 bits per heavy atom. The predicted octanol–water partition coefficient (Wildman–Crippen LogP) is 2.88. The maximum Gasteiger partial charge on any atom is 0.354 e. The fraction of sp³-hybridized carbons (Fsp3) is 0.0714. The molecule has 1 aromatic heterocycles. The SMILES string of the molecule is N#Cc1ccc(Cl)cc1OCc1cccc(C(=O)O)n1. The van der Waals surface area contributed by atoms with E-state index in [0.717, 1.165) is 0 Å². The van der Waals surface area contributed by atoms with Gasteiger partial charge in [-0.25, -0.2) is 9.78 Å². The molecule has 2 aromatic rings. The zero-order valence-corrected chi connectivity index (χ0v) is 11.0. The van der Waals surface area contributed by atoms with Crippen LogP contribution in [-0.2, 0) is 6.61 Å². The first-order chi connectivity index (χ1) is 9.60. The van der Waals surface area contributed by atoms with Gasteiger partial charge in [-0.05, 0) is 24.3 Å². The van der Waals surface area contributed by atoms with Crippen molar-refractivity contribution in [3.05, 3.63) is 58.4 Å². The van der Waals surface area contributed by atoms with E-state index in [1.54, 1.807) is 24.3 Å². The zero-order valence-electron chi connectivity index (χ0n) is 10.2. The number of halogens is 1. The Hall–Kier alpha value is -2.58. The van der Waals surface area contributed by atoms with Gasteiger partial charge in [0.2, 0.25) is 0 Å². The summed E-state index contributed by atoms with van der Waals surface area (Å²) in [6.45, 7) is 0.0517. The second-order valence-corrected chi connectivity index (χ2v) is 4.30. The van der Waals surface area contributed by atoms with Crippen LogP contribution in [0.1, 0.15) is 21.7 Å². The van der Waals surface area contributed by atoms with Crippen LogP contribution in [0.15, 0.2) is 36.4 Å². The third-order valence-corrected chi connectivity index (χ3v) is 2.70. The Morgan fingerprint density at radius 2 is 2.20 bits per heavy atom.